The number of fused-ring (bicyclic) bond motifs is 3. The summed E-state index contributed by atoms with van der Waals surface area (Å²) in [5.41, 5.74) is 3.27. The summed E-state index contributed by atoms with van der Waals surface area (Å²) in [7, 11) is 1.71. The largest absolute Gasteiger partial charge is 0.435 e. The van der Waals surface area contributed by atoms with Crippen molar-refractivity contribution in [3.63, 3.8) is 0 Å². The number of nitrogens with zero attached hydrogens (tertiary/aromatic N) is 3. The van der Waals surface area contributed by atoms with E-state index in [0.717, 1.165) is 5.56 Å². The third kappa shape index (κ3) is 3.64. The second-order valence-corrected chi connectivity index (χ2v) is 9.47. The molecule has 168 valence electrons. The third-order valence-corrected chi connectivity index (χ3v) is 5.71. The molecule has 5 aromatic rings. The van der Waals surface area contributed by atoms with E-state index in [-0.39, 0.29) is 22.7 Å². The van der Waals surface area contributed by atoms with Gasteiger partial charge in [0.15, 0.2) is 11.8 Å². The molecule has 4 nitrogen and oxygen atoms in total. The zero-order valence-corrected chi connectivity index (χ0v) is 19.4. The van der Waals surface area contributed by atoms with E-state index in [1.165, 1.54) is 10.6 Å². The van der Waals surface area contributed by atoms with Crippen molar-refractivity contribution in [3.8, 4) is 22.5 Å². The van der Waals surface area contributed by atoms with Gasteiger partial charge in [-0.05, 0) is 49.6 Å². The molecule has 0 fully saturated rings. The van der Waals surface area contributed by atoms with Crippen molar-refractivity contribution in [1.29, 1.82) is 0 Å². The Balaban J connectivity index is 1.90. The van der Waals surface area contributed by atoms with Crippen LogP contribution in [-0.2, 0) is 13.4 Å². The Kier molecular flexibility index (Phi) is 3.21. The quantitative estimate of drug-likeness (QED) is 0.287. The van der Waals surface area contributed by atoms with Crippen molar-refractivity contribution in [2.75, 3.05) is 0 Å². The van der Waals surface area contributed by atoms with Crippen LogP contribution >= 0.6 is 0 Å². The number of hydrogen-bond donors (Lipinski definition) is 0. The van der Waals surface area contributed by atoms with Gasteiger partial charge in [-0.25, -0.2) is 9.55 Å². The first-order valence-electron chi connectivity index (χ1n) is 14.9. The van der Waals surface area contributed by atoms with Crippen LogP contribution in [0.5, 0.6) is 0 Å². The van der Waals surface area contributed by atoms with E-state index in [9.17, 15) is 0 Å². The molecule has 0 saturated carbocycles. The second kappa shape index (κ2) is 7.58. The highest BCUT2D eigenvalue weighted by atomic mass is 16.3. The zero-order chi connectivity index (χ0) is 30.3. The van der Waals surface area contributed by atoms with E-state index >= 15 is 0 Å². The van der Waals surface area contributed by atoms with Gasteiger partial charge in [-0.15, -0.1) is 0 Å². The van der Waals surface area contributed by atoms with Gasteiger partial charge < -0.3 is 4.42 Å². The molecule has 0 bridgehead atoms. The van der Waals surface area contributed by atoms with Gasteiger partial charge in [0.1, 0.15) is 18.6 Å². The van der Waals surface area contributed by atoms with E-state index in [0.29, 0.717) is 33.6 Å². The second-order valence-electron chi connectivity index (χ2n) is 9.47. The van der Waals surface area contributed by atoms with Crippen molar-refractivity contribution in [1.82, 2.24) is 9.38 Å². The van der Waals surface area contributed by atoms with Crippen LogP contribution in [0.1, 0.15) is 54.3 Å². The molecule has 3 heterocycles. The summed E-state index contributed by atoms with van der Waals surface area (Å²) in [5.74, 6) is -0.133. The van der Waals surface area contributed by atoms with Crippen LogP contribution < -0.4 is 4.57 Å². The van der Waals surface area contributed by atoms with Gasteiger partial charge >= 0.3 is 0 Å². The van der Waals surface area contributed by atoms with Crippen LogP contribution in [0.15, 0.2) is 59.1 Å². The molecular formula is C29H32N3O+. The molecule has 3 aromatic heterocycles. The number of rotatable bonds is 3. The van der Waals surface area contributed by atoms with Crippen molar-refractivity contribution in [3.05, 3.63) is 77.2 Å². The van der Waals surface area contributed by atoms with Crippen LogP contribution in [0, 0.1) is 26.0 Å². The summed E-state index contributed by atoms with van der Waals surface area (Å²) >= 11 is 0. The molecule has 4 heteroatoms. The molecule has 0 atom stereocenters. The van der Waals surface area contributed by atoms with Crippen molar-refractivity contribution in [2.24, 2.45) is 12.5 Å². The maximum atomic E-state index is 8.98. The first-order valence-corrected chi connectivity index (χ1v) is 10.9. The summed E-state index contributed by atoms with van der Waals surface area (Å²) < 4.78 is 76.6. The minimum atomic E-state index is -2.54. The highest BCUT2D eigenvalue weighted by Crippen LogP contribution is 2.37. The fraction of sp³-hybridized carbons (Fsp3) is 0.310. The zero-order valence-electron chi connectivity index (χ0n) is 27.4. The number of hydrogen-bond acceptors (Lipinski definition) is 2. The fourth-order valence-corrected chi connectivity index (χ4v) is 4.28. The normalized spacial score (nSPS) is 17.0. The van der Waals surface area contributed by atoms with Gasteiger partial charge in [-0.1, -0.05) is 57.2 Å². The SMILES string of the molecule is [2H]C([2H])([2H])c1c[n+](C)c(-c2c(C)ccc3c2oc2c(-c4ccccc4)nc(C([2H])([2H])[2H])n23)cc1C([2H])([2H])C(C)(C)C. The minimum absolute atomic E-state index is 0.0682. The molecular weight excluding hydrogens is 406 g/mol. The van der Waals surface area contributed by atoms with Crippen molar-refractivity contribution >= 4 is 16.8 Å². The lowest BCUT2D eigenvalue weighted by Crippen LogP contribution is -2.32. The standard InChI is InChI=1S/C29H32N3O/c1-18-13-14-23-27(25(18)24-15-22(16-29(4,5)6)19(2)17-31(24)7)33-28-26(30-20(3)32(23)28)21-11-9-8-10-12-21/h8-15,17H,16H2,1-7H3/q+1/i2D3,3D3,16D2. The molecule has 0 saturated heterocycles. The van der Waals surface area contributed by atoms with E-state index in [1.807, 2.05) is 43.3 Å². The molecule has 0 aliphatic heterocycles. The predicted molar refractivity (Wildman–Crippen MR) is 134 cm³/mol. The number of pyridine rings is 1. The van der Waals surface area contributed by atoms with E-state index in [2.05, 4.69) is 4.98 Å². The van der Waals surface area contributed by atoms with Crippen LogP contribution in [0.25, 0.3) is 39.3 Å². The van der Waals surface area contributed by atoms with Crippen LogP contribution in [-0.4, -0.2) is 9.38 Å². The highest BCUT2D eigenvalue weighted by Gasteiger charge is 2.25. The van der Waals surface area contributed by atoms with E-state index < -0.39 is 25.5 Å². The molecule has 2 aromatic carbocycles. The van der Waals surface area contributed by atoms with Crippen molar-refractivity contribution in [2.45, 2.75) is 47.8 Å². The molecule has 0 aliphatic carbocycles. The molecule has 0 unspecified atom stereocenters. The van der Waals surface area contributed by atoms with Crippen molar-refractivity contribution < 1.29 is 20.0 Å². The lowest BCUT2D eigenvalue weighted by molar-refractivity contribution is -0.660. The fourth-order valence-electron chi connectivity index (χ4n) is 4.28. The van der Waals surface area contributed by atoms with Gasteiger partial charge in [0.25, 0.3) is 0 Å². The Bertz CT molecular complexity index is 1790. The number of oxazole rings is 1. The number of imidazole rings is 1. The summed E-state index contributed by atoms with van der Waals surface area (Å²) in [6, 6.07) is 14.4. The molecule has 0 N–H and O–H groups in total. The Labute approximate surface area is 206 Å². The lowest BCUT2D eigenvalue weighted by atomic mass is 9.86. The molecule has 0 spiro atoms. The summed E-state index contributed by atoms with van der Waals surface area (Å²) in [6.45, 7) is 2.01. The summed E-state index contributed by atoms with van der Waals surface area (Å²) in [6.07, 6.45) is -0.531. The average molecular weight is 447 g/mol. The monoisotopic (exact) mass is 446 g/mol. The molecule has 0 aliphatic rings. The minimum Gasteiger partial charge on any atom is -0.435 e. The van der Waals surface area contributed by atoms with Gasteiger partial charge in [-0.3, -0.25) is 4.40 Å². The van der Waals surface area contributed by atoms with Crippen LogP contribution in [0.3, 0.4) is 0 Å². The summed E-state index contributed by atoms with van der Waals surface area (Å²) in [5, 5.41) is 0. The maximum Gasteiger partial charge on any atom is 0.232 e. The molecule has 5 rings (SSSR count). The smallest absolute Gasteiger partial charge is 0.232 e. The highest BCUT2D eigenvalue weighted by molar-refractivity contribution is 5.94. The van der Waals surface area contributed by atoms with Gasteiger partial charge in [0.2, 0.25) is 11.4 Å². The maximum absolute atomic E-state index is 8.98. The number of benzene rings is 2. The molecule has 33 heavy (non-hydrogen) atoms. The van der Waals surface area contributed by atoms with Gasteiger partial charge in [0, 0.05) is 28.2 Å². The molecule has 0 amide bonds. The average Bonchev–Trinajstić information content (AvgIpc) is 3.40. The first-order chi connectivity index (χ1) is 18.8. The molecule has 0 radical (unpaired) electrons. The van der Waals surface area contributed by atoms with Crippen LogP contribution in [0.4, 0.5) is 0 Å². The van der Waals surface area contributed by atoms with E-state index in [1.54, 1.807) is 44.5 Å². The Morgan fingerprint density at radius 3 is 2.58 bits per heavy atom. The first kappa shape index (κ1) is 14.0. The van der Waals surface area contributed by atoms with Gasteiger partial charge in [0.05, 0.1) is 11.1 Å². The van der Waals surface area contributed by atoms with E-state index in [4.69, 9.17) is 15.4 Å². The number of aryl methyl sites for hydroxylation is 4. The summed E-state index contributed by atoms with van der Waals surface area (Å²) in [4.78, 5) is 4.48. The van der Waals surface area contributed by atoms with Crippen LogP contribution in [0.2, 0.25) is 0 Å². The number of aromatic nitrogens is 3. The Morgan fingerprint density at radius 1 is 1.09 bits per heavy atom. The third-order valence-electron chi connectivity index (χ3n) is 5.71. The predicted octanol–water partition coefficient (Wildman–Crippen LogP) is 6.75. The lowest BCUT2D eigenvalue weighted by Gasteiger charge is -2.19. The van der Waals surface area contributed by atoms with Gasteiger partial charge in [-0.2, -0.15) is 0 Å². The Morgan fingerprint density at radius 2 is 1.88 bits per heavy atom. The topological polar surface area (TPSA) is 34.3 Å². The Hall–Kier alpha value is -3.40.